The number of hydrogen-bond donors (Lipinski definition) is 2. The Kier molecular flexibility index (Phi) is 9.17. The monoisotopic (exact) mass is 372 g/mol. The normalized spacial score (nSPS) is 35.1. The van der Waals surface area contributed by atoms with Gasteiger partial charge in [-0.05, 0) is 43.6 Å². The van der Waals surface area contributed by atoms with E-state index in [0.717, 1.165) is 31.2 Å². The predicted molar refractivity (Wildman–Crippen MR) is 106 cm³/mol. The molecule has 19 heavy (non-hydrogen) atoms. The molecule has 0 amide bonds. The molecular weight excluding hydrogens is 349 g/mol. The van der Waals surface area contributed by atoms with E-state index in [1.807, 2.05) is 0 Å². The quantitative estimate of drug-likeness (QED) is 0.565. The van der Waals surface area contributed by atoms with E-state index < -0.39 is 0 Å². The van der Waals surface area contributed by atoms with Crippen LogP contribution in [-0.2, 0) is 0 Å². The van der Waals surface area contributed by atoms with Crippen molar-refractivity contribution in [3.8, 4) is 0 Å². The lowest BCUT2D eigenvalue weighted by molar-refractivity contribution is 0.805. The van der Waals surface area contributed by atoms with Crippen LogP contribution in [0.4, 0.5) is 0 Å². The van der Waals surface area contributed by atoms with E-state index >= 15 is 0 Å². The van der Waals surface area contributed by atoms with Crippen molar-refractivity contribution < 1.29 is 0 Å². The molecule has 0 N–H and O–H groups in total. The summed E-state index contributed by atoms with van der Waals surface area (Å²) in [6.07, 6.45) is 6.71. The summed E-state index contributed by atoms with van der Waals surface area (Å²) in [5.74, 6) is 4.84. The molecular formula is C13H24S6. The minimum atomic E-state index is 0.860. The SMILES string of the molecule is SCCCC1CSC(CC2SCC(CCCS)S2)S1. The van der Waals surface area contributed by atoms with E-state index in [-0.39, 0.29) is 0 Å². The van der Waals surface area contributed by atoms with Gasteiger partial charge >= 0.3 is 0 Å². The molecule has 0 saturated carbocycles. The average molecular weight is 373 g/mol. The van der Waals surface area contributed by atoms with Gasteiger partial charge in [0.2, 0.25) is 0 Å². The van der Waals surface area contributed by atoms with Crippen LogP contribution in [0.3, 0.4) is 0 Å². The van der Waals surface area contributed by atoms with Crippen molar-refractivity contribution in [3.63, 3.8) is 0 Å². The Morgan fingerprint density at radius 3 is 1.68 bits per heavy atom. The summed E-state index contributed by atoms with van der Waals surface area (Å²) in [5, 5.41) is 1.80. The summed E-state index contributed by atoms with van der Waals surface area (Å²) in [6, 6.07) is 0. The van der Waals surface area contributed by atoms with Crippen molar-refractivity contribution in [2.45, 2.75) is 51.8 Å². The average Bonchev–Trinajstić information content (AvgIpc) is 3.04. The van der Waals surface area contributed by atoms with Gasteiger partial charge < -0.3 is 0 Å². The van der Waals surface area contributed by atoms with Gasteiger partial charge in [0.1, 0.15) is 0 Å². The highest BCUT2D eigenvalue weighted by Crippen LogP contribution is 2.49. The summed E-state index contributed by atoms with van der Waals surface area (Å²) in [6.45, 7) is 0. The van der Waals surface area contributed by atoms with Gasteiger partial charge in [-0.25, -0.2) is 0 Å². The largest absolute Gasteiger partial charge is 0.179 e. The second-order valence-electron chi connectivity index (χ2n) is 5.01. The molecule has 0 aromatic carbocycles. The lowest BCUT2D eigenvalue weighted by Gasteiger charge is -2.14. The molecule has 0 aliphatic carbocycles. The van der Waals surface area contributed by atoms with Crippen LogP contribution >= 0.6 is 72.3 Å². The number of hydrogen-bond acceptors (Lipinski definition) is 6. The van der Waals surface area contributed by atoms with Gasteiger partial charge in [0.25, 0.3) is 0 Å². The maximum atomic E-state index is 4.32. The van der Waals surface area contributed by atoms with E-state index in [9.17, 15) is 0 Å². The van der Waals surface area contributed by atoms with Gasteiger partial charge in [-0.1, -0.05) is 0 Å². The van der Waals surface area contributed by atoms with Crippen LogP contribution in [0.25, 0.3) is 0 Å². The minimum absolute atomic E-state index is 0.860. The summed E-state index contributed by atoms with van der Waals surface area (Å²) in [7, 11) is 0. The molecule has 2 rings (SSSR count). The zero-order valence-corrected chi connectivity index (χ0v) is 16.3. The number of thioether (sulfide) groups is 4. The lowest BCUT2D eigenvalue weighted by Crippen LogP contribution is -2.05. The van der Waals surface area contributed by atoms with Gasteiger partial charge in [0, 0.05) is 22.0 Å². The molecule has 112 valence electrons. The summed E-state index contributed by atoms with van der Waals surface area (Å²) in [5.41, 5.74) is 0. The van der Waals surface area contributed by atoms with Crippen molar-refractivity contribution in [2.24, 2.45) is 0 Å². The molecule has 0 aromatic rings. The number of rotatable bonds is 8. The minimum Gasteiger partial charge on any atom is -0.179 e. The smallest absolute Gasteiger partial charge is 0.0524 e. The Labute approximate surface area is 146 Å². The molecule has 0 aromatic heterocycles. The Morgan fingerprint density at radius 2 is 1.26 bits per heavy atom. The highest BCUT2D eigenvalue weighted by Gasteiger charge is 2.32. The van der Waals surface area contributed by atoms with Crippen LogP contribution in [0.15, 0.2) is 0 Å². The van der Waals surface area contributed by atoms with Crippen LogP contribution in [0.2, 0.25) is 0 Å². The Balaban J connectivity index is 1.61. The molecule has 0 radical (unpaired) electrons. The molecule has 0 bridgehead atoms. The van der Waals surface area contributed by atoms with Crippen molar-refractivity contribution in [2.75, 3.05) is 23.0 Å². The first-order valence-electron chi connectivity index (χ1n) is 7.07. The lowest BCUT2D eigenvalue weighted by atomic mass is 10.3. The zero-order chi connectivity index (χ0) is 13.5. The summed E-state index contributed by atoms with van der Waals surface area (Å²) < 4.78 is 1.72. The van der Waals surface area contributed by atoms with E-state index in [2.05, 4.69) is 72.3 Å². The van der Waals surface area contributed by atoms with Crippen molar-refractivity contribution in [1.82, 2.24) is 0 Å². The maximum absolute atomic E-state index is 4.32. The van der Waals surface area contributed by atoms with Crippen LogP contribution in [0.1, 0.15) is 32.1 Å². The summed E-state index contributed by atoms with van der Waals surface area (Å²) >= 11 is 17.5. The molecule has 4 unspecified atom stereocenters. The fraction of sp³-hybridized carbons (Fsp3) is 1.00. The second-order valence-corrected chi connectivity index (χ2v) is 12.0. The van der Waals surface area contributed by atoms with Gasteiger partial charge in [-0.3, -0.25) is 0 Å². The van der Waals surface area contributed by atoms with Crippen LogP contribution < -0.4 is 0 Å². The first kappa shape index (κ1) is 17.5. The van der Waals surface area contributed by atoms with E-state index in [4.69, 9.17) is 0 Å². The zero-order valence-electron chi connectivity index (χ0n) is 11.2. The predicted octanol–water partition coefficient (Wildman–Crippen LogP) is 5.15. The Bertz CT molecular complexity index is 225. The molecule has 2 aliphatic rings. The summed E-state index contributed by atoms with van der Waals surface area (Å²) in [4.78, 5) is 0. The van der Waals surface area contributed by atoms with Gasteiger partial charge in [0.05, 0.1) is 9.16 Å². The number of thiol groups is 2. The fourth-order valence-corrected chi connectivity index (χ4v) is 10.3. The topological polar surface area (TPSA) is 0 Å². The first-order chi connectivity index (χ1) is 9.31. The van der Waals surface area contributed by atoms with Crippen LogP contribution in [-0.4, -0.2) is 42.7 Å². The highest BCUT2D eigenvalue weighted by atomic mass is 32.2. The molecule has 2 aliphatic heterocycles. The highest BCUT2D eigenvalue weighted by molar-refractivity contribution is 8.22. The molecule has 0 nitrogen and oxygen atoms in total. The van der Waals surface area contributed by atoms with Gasteiger partial charge in [-0.2, -0.15) is 25.3 Å². The van der Waals surface area contributed by atoms with Crippen molar-refractivity contribution >= 4 is 72.3 Å². The molecule has 6 heteroatoms. The third kappa shape index (κ3) is 6.39. The molecule has 2 heterocycles. The molecule has 4 atom stereocenters. The van der Waals surface area contributed by atoms with Gasteiger partial charge in [-0.15, -0.1) is 47.0 Å². The molecule has 0 spiro atoms. The van der Waals surface area contributed by atoms with Crippen LogP contribution in [0.5, 0.6) is 0 Å². The van der Waals surface area contributed by atoms with Crippen molar-refractivity contribution in [1.29, 1.82) is 0 Å². The van der Waals surface area contributed by atoms with E-state index in [1.165, 1.54) is 43.6 Å². The molecule has 2 fully saturated rings. The van der Waals surface area contributed by atoms with Crippen LogP contribution in [0, 0.1) is 0 Å². The molecule has 2 saturated heterocycles. The second kappa shape index (κ2) is 9.98. The first-order valence-corrected chi connectivity index (χ1v) is 12.3. The van der Waals surface area contributed by atoms with Crippen molar-refractivity contribution in [3.05, 3.63) is 0 Å². The maximum Gasteiger partial charge on any atom is 0.0524 e. The Hall–Kier alpha value is 2.10. The Morgan fingerprint density at radius 1 is 0.789 bits per heavy atom. The van der Waals surface area contributed by atoms with E-state index in [0.29, 0.717) is 0 Å². The fourth-order valence-electron chi connectivity index (χ4n) is 2.36. The standard InChI is InChI=1S/C13H24S6/c14-5-1-3-10-8-16-12(18-10)7-13-17-9-11(19-13)4-2-6-15/h10-15H,1-9H2. The van der Waals surface area contributed by atoms with E-state index in [1.54, 1.807) is 0 Å². The third-order valence-corrected chi connectivity index (χ3v) is 10.8. The third-order valence-electron chi connectivity index (χ3n) is 3.38. The van der Waals surface area contributed by atoms with Gasteiger partial charge in [0.15, 0.2) is 0 Å².